The van der Waals surface area contributed by atoms with E-state index < -0.39 is 0 Å². The van der Waals surface area contributed by atoms with Crippen molar-refractivity contribution < 1.29 is 23.8 Å². The molecule has 0 aliphatic heterocycles. The number of methoxy groups -OCH3 is 3. The largest absolute Gasteiger partial charge is 0.497 e. The second-order valence-electron chi connectivity index (χ2n) is 5.12. The van der Waals surface area contributed by atoms with E-state index in [0.717, 1.165) is 0 Å². The van der Waals surface area contributed by atoms with Gasteiger partial charge in [0.1, 0.15) is 17.2 Å². The average molecular weight is 344 g/mol. The van der Waals surface area contributed by atoms with Crippen LogP contribution in [-0.2, 0) is 4.79 Å². The summed E-state index contributed by atoms with van der Waals surface area (Å²) in [6, 6.07) is 9.95. The fourth-order valence-electron chi connectivity index (χ4n) is 2.24. The molecule has 2 aromatic rings. The van der Waals surface area contributed by atoms with E-state index in [1.54, 1.807) is 36.4 Å². The molecule has 7 heteroatoms. The van der Waals surface area contributed by atoms with Crippen molar-refractivity contribution in [1.29, 1.82) is 0 Å². The first-order valence-electron chi connectivity index (χ1n) is 7.47. The van der Waals surface area contributed by atoms with Crippen LogP contribution < -0.4 is 24.8 Å². The van der Waals surface area contributed by atoms with E-state index in [4.69, 9.17) is 14.2 Å². The van der Waals surface area contributed by atoms with Gasteiger partial charge in [-0.2, -0.15) is 0 Å². The zero-order chi connectivity index (χ0) is 18.4. The number of amides is 2. The molecule has 2 rings (SSSR count). The van der Waals surface area contributed by atoms with Gasteiger partial charge in [-0.15, -0.1) is 0 Å². The van der Waals surface area contributed by atoms with Gasteiger partial charge >= 0.3 is 0 Å². The third-order valence-corrected chi connectivity index (χ3v) is 3.41. The highest BCUT2D eigenvalue weighted by atomic mass is 16.5. The molecule has 0 radical (unpaired) electrons. The maximum atomic E-state index is 12.5. The standard InChI is InChI=1S/C18H20N2O5/c1-11(21)19-14-9-17(25-4)15(10-16(14)24-3)20-18(22)12-6-5-7-13(8-12)23-2/h5-10H,1-4H3,(H,19,21)(H,20,22). The van der Waals surface area contributed by atoms with Gasteiger partial charge in [0.25, 0.3) is 5.91 Å². The molecule has 25 heavy (non-hydrogen) atoms. The highest BCUT2D eigenvalue weighted by Gasteiger charge is 2.15. The predicted octanol–water partition coefficient (Wildman–Crippen LogP) is 2.92. The van der Waals surface area contributed by atoms with Gasteiger partial charge in [0.2, 0.25) is 5.91 Å². The van der Waals surface area contributed by atoms with E-state index in [9.17, 15) is 9.59 Å². The van der Waals surface area contributed by atoms with Crippen LogP contribution in [-0.4, -0.2) is 33.1 Å². The number of benzene rings is 2. The molecule has 0 saturated heterocycles. The average Bonchev–Trinajstić information content (AvgIpc) is 2.61. The van der Waals surface area contributed by atoms with E-state index in [0.29, 0.717) is 34.2 Å². The summed E-state index contributed by atoms with van der Waals surface area (Å²) in [6.07, 6.45) is 0. The molecule has 0 bridgehead atoms. The highest BCUT2D eigenvalue weighted by Crippen LogP contribution is 2.36. The maximum absolute atomic E-state index is 12.5. The van der Waals surface area contributed by atoms with Crippen molar-refractivity contribution in [2.45, 2.75) is 6.92 Å². The van der Waals surface area contributed by atoms with Gasteiger partial charge in [-0.25, -0.2) is 0 Å². The maximum Gasteiger partial charge on any atom is 0.255 e. The molecule has 0 aliphatic rings. The Morgan fingerprint density at radius 2 is 1.44 bits per heavy atom. The molecule has 2 N–H and O–H groups in total. The van der Waals surface area contributed by atoms with Gasteiger partial charge < -0.3 is 24.8 Å². The zero-order valence-corrected chi connectivity index (χ0v) is 14.5. The minimum absolute atomic E-state index is 0.242. The lowest BCUT2D eigenvalue weighted by Crippen LogP contribution is -2.14. The van der Waals surface area contributed by atoms with Crippen molar-refractivity contribution >= 4 is 23.2 Å². The molecule has 132 valence electrons. The van der Waals surface area contributed by atoms with Crippen LogP contribution in [0.1, 0.15) is 17.3 Å². The van der Waals surface area contributed by atoms with Crippen LogP contribution >= 0.6 is 0 Å². The Balaban J connectivity index is 2.34. The first-order valence-corrected chi connectivity index (χ1v) is 7.47. The summed E-state index contributed by atoms with van der Waals surface area (Å²) < 4.78 is 15.7. The van der Waals surface area contributed by atoms with Gasteiger partial charge in [-0.1, -0.05) is 6.07 Å². The first kappa shape index (κ1) is 18.1. The van der Waals surface area contributed by atoms with Crippen LogP contribution in [0.4, 0.5) is 11.4 Å². The van der Waals surface area contributed by atoms with Crippen LogP contribution in [0, 0.1) is 0 Å². The fraction of sp³-hybridized carbons (Fsp3) is 0.222. The number of ether oxygens (including phenoxy) is 3. The molecule has 0 heterocycles. The van der Waals surface area contributed by atoms with Crippen molar-refractivity contribution in [2.75, 3.05) is 32.0 Å². The number of anilines is 2. The Hall–Kier alpha value is -3.22. The summed E-state index contributed by atoms with van der Waals surface area (Å²) >= 11 is 0. The summed E-state index contributed by atoms with van der Waals surface area (Å²) in [4.78, 5) is 23.8. The third-order valence-electron chi connectivity index (χ3n) is 3.41. The Bertz CT molecular complexity index is 789. The molecule has 7 nitrogen and oxygen atoms in total. The van der Waals surface area contributed by atoms with Crippen molar-refractivity contribution in [1.82, 2.24) is 0 Å². The number of carbonyl (C=O) groups is 2. The number of nitrogens with one attached hydrogen (secondary N) is 2. The lowest BCUT2D eigenvalue weighted by Gasteiger charge is -2.16. The van der Waals surface area contributed by atoms with E-state index in [1.807, 2.05) is 0 Å². The molecule has 0 aliphatic carbocycles. The Morgan fingerprint density at radius 3 is 1.96 bits per heavy atom. The summed E-state index contributed by atoms with van der Waals surface area (Å²) in [5.41, 5.74) is 1.30. The second-order valence-corrected chi connectivity index (χ2v) is 5.12. The molecule has 0 fully saturated rings. The Kier molecular flexibility index (Phi) is 5.84. The zero-order valence-electron chi connectivity index (χ0n) is 14.5. The third kappa shape index (κ3) is 4.41. The molecular weight excluding hydrogens is 324 g/mol. The number of hydrogen-bond donors (Lipinski definition) is 2. The summed E-state index contributed by atoms with van der Waals surface area (Å²) in [5, 5.41) is 5.43. The van der Waals surface area contributed by atoms with Crippen LogP contribution in [0.5, 0.6) is 17.2 Å². The van der Waals surface area contributed by atoms with E-state index >= 15 is 0 Å². The first-order chi connectivity index (χ1) is 12.0. The number of carbonyl (C=O) groups excluding carboxylic acids is 2. The fourth-order valence-corrected chi connectivity index (χ4v) is 2.24. The Morgan fingerprint density at radius 1 is 0.840 bits per heavy atom. The minimum atomic E-state index is -0.327. The Labute approximate surface area is 145 Å². The predicted molar refractivity (Wildman–Crippen MR) is 94.8 cm³/mol. The van der Waals surface area contributed by atoms with Gasteiger partial charge in [-0.05, 0) is 18.2 Å². The lowest BCUT2D eigenvalue weighted by atomic mass is 10.1. The van der Waals surface area contributed by atoms with Crippen molar-refractivity contribution in [3.8, 4) is 17.2 Å². The summed E-state index contributed by atoms with van der Waals surface area (Å²) in [5.74, 6) is 0.802. The van der Waals surface area contributed by atoms with Gasteiger partial charge in [0.05, 0.1) is 32.7 Å². The SMILES string of the molecule is COc1cccc(C(=O)Nc2cc(OC)c(NC(C)=O)cc2OC)c1. The van der Waals surface area contributed by atoms with E-state index in [-0.39, 0.29) is 11.8 Å². The molecular formula is C18H20N2O5. The smallest absolute Gasteiger partial charge is 0.255 e. The monoisotopic (exact) mass is 344 g/mol. The van der Waals surface area contributed by atoms with Crippen LogP contribution in [0.3, 0.4) is 0 Å². The minimum Gasteiger partial charge on any atom is -0.497 e. The molecule has 0 atom stereocenters. The van der Waals surface area contributed by atoms with Gasteiger partial charge in [0, 0.05) is 24.6 Å². The molecule has 0 saturated carbocycles. The summed E-state index contributed by atoms with van der Waals surface area (Å²) in [7, 11) is 4.48. The molecule has 2 aromatic carbocycles. The normalized spacial score (nSPS) is 9.92. The lowest BCUT2D eigenvalue weighted by molar-refractivity contribution is -0.114. The van der Waals surface area contributed by atoms with E-state index in [1.165, 1.54) is 28.3 Å². The number of hydrogen-bond acceptors (Lipinski definition) is 5. The van der Waals surface area contributed by atoms with Gasteiger partial charge in [-0.3, -0.25) is 9.59 Å². The van der Waals surface area contributed by atoms with Crippen molar-refractivity contribution in [3.05, 3.63) is 42.0 Å². The quantitative estimate of drug-likeness (QED) is 0.841. The van der Waals surface area contributed by atoms with Crippen LogP contribution in [0.25, 0.3) is 0 Å². The number of rotatable bonds is 6. The van der Waals surface area contributed by atoms with Crippen molar-refractivity contribution in [3.63, 3.8) is 0 Å². The molecule has 0 aromatic heterocycles. The van der Waals surface area contributed by atoms with Crippen LogP contribution in [0.2, 0.25) is 0 Å². The molecule has 0 spiro atoms. The highest BCUT2D eigenvalue weighted by molar-refractivity contribution is 6.05. The van der Waals surface area contributed by atoms with E-state index in [2.05, 4.69) is 10.6 Å². The van der Waals surface area contributed by atoms with Crippen LogP contribution in [0.15, 0.2) is 36.4 Å². The topological polar surface area (TPSA) is 85.9 Å². The van der Waals surface area contributed by atoms with Gasteiger partial charge in [0.15, 0.2) is 0 Å². The molecule has 0 unspecified atom stereocenters. The second kappa shape index (κ2) is 8.05. The summed E-state index contributed by atoms with van der Waals surface area (Å²) in [6.45, 7) is 1.39. The molecule has 2 amide bonds. The van der Waals surface area contributed by atoms with Crippen molar-refractivity contribution in [2.24, 2.45) is 0 Å².